The molecule has 4 nitrogen and oxygen atoms in total. The Labute approximate surface area is 95.8 Å². The first-order valence-corrected chi connectivity index (χ1v) is 5.24. The molecule has 1 aromatic carbocycles. The second-order valence-electron chi connectivity index (χ2n) is 3.82. The molecule has 0 aliphatic carbocycles. The Morgan fingerprint density at radius 2 is 2.25 bits per heavy atom. The van der Waals surface area contributed by atoms with Crippen LogP contribution in [0.4, 0.5) is 5.69 Å². The van der Waals surface area contributed by atoms with E-state index in [4.69, 9.17) is 10.5 Å². The minimum absolute atomic E-state index is 0.117. The van der Waals surface area contributed by atoms with Crippen LogP contribution in [0.15, 0.2) is 18.2 Å². The summed E-state index contributed by atoms with van der Waals surface area (Å²) in [4.78, 5) is 11.6. The van der Waals surface area contributed by atoms with E-state index in [0.29, 0.717) is 12.1 Å². The van der Waals surface area contributed by atoms with E-state index in [1.165, 1.54) is 7.11 Å². The number of esters is 1. The third kappa shape index (κ3) is 2.97. The first-order chi connectivity index (χ1) is 7.58. The van der Waals surface area contributed by atoms with Crippen molar-refractivity contribution >= 4 is 11.7 Å². The molecule has 88 valence electrons. The molecule has 0 aliphatic rings. The molecular formula is C12H18N2O2. The van der Waals surface area contributed by atoms with Crippen LogP contribution in [-0.2, 0) is 4.74 Å². The van der Waals surface area contributed by atoms with Crippen LogP contribution in [0.3, 0.4) is 0 Å². The fourth-order valence-corrected chi connectivity index (χ4v) is 1.39. The van der Waals surface area contributed by atoms with Crippen LogP contribution in [0, 0.1) is 6.92 Å². The smallest absolute Gasteiger partial charge is 0.339 e. The van der Waals surface area contributed by atoms with E-state index in [0.717, 1.165) is 11.3 Å². The Bertz CT molecular complexity index is 377. The number of hydrogen-bond donors (Lipinski definition) is 2. The zero-order valence-electron chi connectivity index (χ0n) is 9.91. The standard InChI is InChI=1S/C12H18N2O2/c1-8-4-5-11(14-9(2)7-13)10(6-8)12(15)16-3/h4-6,9,14H,7,13H2,1-3H3. The highest BCUT2D eigenvalue weighted by Crippen LogP contribution is 2.19. The van der Waals surface area contributed by atoms with Crippen LogP contribution >= 0.6 is 0 Å². The zero-order chi connectivity index (χ0) is 12.1. The molecule has 1 aromatic rings. The number of ether oxygens (including phenoxy) is 1. The summed E-state index contributed by atoms with van der Waals surface area (Å²) in [5, 5.41) is 3.18. The van der Waals surface area contributed by atoms with E-state index in [2.05, 4.69) is 5.32 Å². The number of carbonyl (C=O) groups is 1. The lowest BCUT2D eigenvalue weighted by Gasteiger charge is -2.16. The second kappa shape index (κ2) is 5.51. The quantitative estimate of drug-likeness (QED) is 0.758. The van der Waals surface area contributed by atoms with Gasteiger partial charge in [-0.15, -0.1) is 0 Å². The molecular weight excluding hydrogens is 204 g/mol. The predicted octanol–water partition coefficient (Wildman–Crippen LogP) is 1.54. The molecule has 0 spiro atoms. The van der Waals surface area contributed by atoms with Crippen molar-refractivity contribution in [2.45, 2.75) is 19.9 Å². The van der Waals surface area contributed by atoms with Gasteiger partial charge in [-0.3, -0.25) is 0 Å². The lowest BCUT2D eigenvalue weighted by molar-refractivity contribution is 0.0601. The molecule has 0 saturated carbocycles. The van der Waals surface area contributed by atoms with E-state index in [1.54, 1.807) is 6.07 Å². The van der Waals surface area contributed by atoms with Gasteiger partial charge in [-0.25, -0.2) is 4.79 Å². The second-order valence-corrected chi connectivity index (χ2v) is 3.82. The molecule has 0 radical (unpaired) electrons. The predicted molar refractivity (Wildman–Crippen MR) is 64.7 cm³/mol. The summed E-state index contributed by atoms with van der Waals surface area (Å²) < 4.78 is 4.74. The Balaban J connectivity index is 3.02. The van der Waals surface area contributed by atoms with Crippen molar-refractivity contribution in [1.29, 1.82) is 0 Å². The Kier molecular flexibility index (Phi) is 4.31. The maximum Gasteiger partial charge on any atom is 0.339 e. The monoisotopic (exact) mass is 222 g/mol. The third-order valence-corrected chi connectivity index (χ3v) is 2.34. The van der Waals surface area contributed by atoms with Crippen LogP contribution < -0.4 is 11.1 Å². The van der Waals surface area contributed by atoms with E-state index >= 15 is 0 Å². The van der Waals surface area contributed by atoms with Gasteiger partial charge in [0.1, 0.15) is 0 Å². The van der Waals surface area contributed by atoms with E-state index in [-0.39, 0.29) is 12.0 Å². The van der Waals surface area contributed by atoms with Gasteiger partial charge in [0.25, 0.3) is 0 Å². The average Bonchev–Trinajstić information content (AvgIpc) is 2.30. The number of nitrogens with two attached hydrogens (primary N) is 1. The number of carbonyl (C=O) groups excluding carboxylic acids is 1. The molecule has 16 heavy (non-hydrogen) atoms. The molecule has 0 saturated heterocycles. The van der Waals surface area contributed by atoms with Crippen molar-refractivity contribution in [1.82, 2.24) is 0 Å². The number of benzene rings is 1. The van der Waals surface area contributed by atoms with Gasteiger partial charge in [0.15, 0.2) is 0 Å². The van der Waals surface area contributed by atoms with Gasteiger partial charge >= 0.3 is 5.97 Å². The topological polar surface area (TPSA) is 64.3 Å². The lowest BCUT2D eigenvalue weighted by Crippen LogP contribution is -2.26. The molecule has 0 heterocycles. The summed E-state index contributed by atoms with van der Waals surface area (Å²) in [6, 6.07) is 5.73. The average molecular weight is 222 g/mol. The van der Waals surface area contributed by atoms with Crippen molar-refractivity contribution in [2.24, 2.45) is 5.73 Å². The molecule has 1 rings (SSSR count). The summed E-state index contributed by atoms with van der Waals surface area (Å²) >= 11 is 0. The zero-order valence-corrected chi connectivity index (χ0v) is 9.91. The number of hydrogen-bond acceptors (Lipinski definition) is 4. The molecule has 1 unspecified atom stereocenters. The largest absolute Gasteiger partial charge is 0.465 e. The minimum Gasteiger partial charge on any atom is -0.465 e. The minimum atomic E-state index is -0.338. The van der Waals surface area contributed by atoms with Crippen LogP contribution in [0.5, 0.6) is 0 Å². The molecule has 0 fully saturated rings. The Morgan fingerprint density at radius 1 is 1.56 bits per heavy atom. The number of methoxy groups -OCH3 is 1. The molecule has 1 atom stereocenters. The summed E-state index contributed by atoms with van der Waals surface area (Å²) in [6.07, 6.45) is 0. The number of nitrogens with one attached hydrogen (secondary N) is 1. The Hall–Kier alpha value is -1.55. The van der Waals surface area contributed by atoms with Crippen LogP contribution in [0.2, 0.25) is 0 Å². The molecule has 0 bridgehead atoms. The molecule has 4 heteroatoms. The molecule has 0 aromatic heterocycles. The van der Waals surface area contributed by atoms with Gasteiger partial charge in [0.2, 0.25) is 0 Å². The Morgan fingerprint density at radius 3 is 2.81 bits per heavy atom. The van der Waals surface area contributed by atoms with Gasteiger partial charge in [0.05, 0.1) is 12.7 Å². The van der Waals surface area contributed by atoms with Gasteiger partial charge in [-0.1, -0.05) is 11.6 Å². The van der Waals surface area contributed by atoms with Crippen molar-refractivity contribution in [3.05, 3.63) is 29.3 Å². The van der Waals surface area contributed by atoms with Crippen LogP contribution in [0.25, 0.3) is 0 Å². The van der Waals surface area contributed by atoms with Crippen molar-refractivity contribution in [3.63, 3.8) is 0 Å². The maximum atomic E-state index is 11.6. The third-order valence-electron chi connectivity index (χ3n) is 2.34. The summed E-state index contributed by atoms with van der Waals surface area (Å²) in [5.41, 5.74) is 7.85. The van der Waals surface area contributed by atoms with Crippen molar-refractivity contribution < 1.29 is 9.53 Å². The van der Waals surface area contributed by atoms with Gasteiger partial charge in [0, 0.05) is 18.3 Å². The highest BCUT2D eigenvalue weighted by Gasteiger charge is 2.13. The van der Waals surface area contributed by atoms with Gasteiger partial charge in [-0.2, -0.15) is 0 Å². The molecule has 0 amide bonds. The van der Waals surface area contributed by atoms with E-state index in [9.17, 15) is 4.79 Å². The van der Waals surface area contributed by atoms with Gasteiger partial charge < -0.3 is 15.8 Å². The van der Waals surface area contributed by atoms with E-state index in [1.807, 2.05) is 26.0 Å². The first-order valence-electron chi connectivity index (χ1n) is 5.24. The fraction of sp³-hybridized carbons (Fsp3) is 0.417. The van der Waals surface area contributed by atoms with Crippen molar-refractivity contribution in [3.8, 4) is 0 Å². The summed E-state index contributed by atoms with van der Waals surface area (Å²) in [6.45, 7) is 4.40. The number of anilines is 1. The molecule has 0 aliphatic heterocycles. The van der Waals surface area contributed by atoms with Gasteiger partial charge in [-0.05, 0) is 26.0 Å². The first kappa shape index (κ1) is 12.5. The fourth-order valence-electron chi connectivity index (χ4n) is 1.39. The van der Waals surface area contributed by atoms with Crippen molar-refractivity contribution in [2.75, 3.05) is 19.0 Å². The highest BCUT2D eigenvalue weighted by atomic mass is 16.5. The maximum absolute atomic E-state index is 11.6. The SMILES string of the molecule is COC(=O)c1cc(C)ccc1NC(C)CN. The molecule has 3 N–H and O–H groups in total. The number of aryl methyl sites for hydroxylation is 1. The van der Waals surface area contributed by atoms with Crippen LogP contribution in [-0.4, -0.2) is 25.7 Å². The van der Waals surface area contributed by atoms with E-state index < -0.39 is 0 Å². The van der Waals surface area contributed by atoms with Crippen LogP contribution in [0.1, 0.15) is 22.8 Å². The number of rotatable bonds is 4. The normalized spacial score (nSPS) is 12.0. The lowest BCUT2D eigenvalue weighted by atomic mass is 10.1. The highest BCUT2D eigenvalue weighted by molar-refractivity contribution is 5.95. The summed E-state index contributed by atoms with van der Waals surface area (Å²) in [5.74, 6) is -0.338. The summed E-state index contributed by atoms with van der Waals surface area (Å²) in [7, 11) is 1.38.